The van der Waals surface area contributed by atoms with Gasteiger partial charge in [0.25, 0.3) is 0 Å². The van der Waals surface area contributed by atoms with Gasteiger partial charge in [0.1, 0.15) is 0 Å². The SMILES string of the molecule is Cn1ccc(CSCCCO)n1. The van der Waals surface area contributed by atoms with Crippen LogP contribution in [0.1, 0.15) is 12.1 Å². The first-order chi connectivity index (χ1) is 5.83. The van der Waals surface area contributed by atoms with Crippen LogP contribution in [0, 0.1) is 0 Å². The predicted molar refractivity (Wildman–Crippen MR) is 51.1 cm³/mol. The van der Waals surface area contributed by atoms with Gasteiger partial charge in [-0.2, -0.15) is 16.9 Å². The Balaban J connectivity index is 2.15. The molecule has 0 aliphatic heterocycles. The van der Waals surface area contributed by atoms with E-state index in [0.29, 0.717) is 0 Å². The average molecular weight is 186 g/mol. The molecule has 12 heavy (non-hydrogen) atoms. The van der Waals surface area contributed by atoms with Crippen LogP contribution in [0.3, 0.4) is 0 Å². The van der Waals surface area contributed by atoms with Crippen LogP contribution in [0.2, 0.25) is 0 Å². The molecule has 0 saturated heterocycles. The lowest BCUT2D eigenvalue weighted by Crippen LogP contribution is -1.91. The first-order valence-corrected chi connectivity index (χ1v) is 5.15. The lowest BCUT2D eigenvalue weighted by molar-refractivity contribution is 0.296. The largest absolute Gasteiger partial charge is 0.396 e. The van der Waals surface area contributed by atoms with Crippen LogP contribution in [0.5, 0.6) is 0 Å². The van der Waals surface area contributed by atoms with E-state index in [0.717, 1.165) is 23.6 Å². The van der Waals surface area contributed by atoms with Crippen LogP contribution >= 0.6 is 11.8 Å². The molecule has 0 radical (unpaired) electrons. The quantitative estimate of drug-likeness (QED) is 0.698. The van der Waals surface area contributed by atoms with E-state index in [1.807, 2.05) is 35.8 Å². The minimum atomic E-state index is 0.287. The summed E-state index contributed by atoms with van der Waals surface area (Å²) in [6.45, 7) is 0.287. The number of nitrogens with zero attached hydrogens (tertiary/aromatic N) is 2. The minimum absolute atomic E-state index is 0.287. The number of thioether (sulfide) groups is 1. The predicted octanol–water partition coefficient (Wildman–Crippen LogP) is 1.04. The second-order valence-electron chi connectivity index (χ2n) is 2.61. The normalized spacial score (nSPS) is 10.5. The van der Waals surface area contributed by atoms with Gasteiger partial charge >= 0.3 is 0 Å². The van der Waals surface area contributed by atoms with Crippen LogP contribution < -0.4 is 0 Å². The van der Waals surface area contributed by atoms with E-state index in [2.05, 4.69) is 5.10 Å². The van der Waals surface area contributed by atoms with Crippen LogP contribution in [-0.4, -0.2) is 27.2 Å². The second kappa shape index (κ2) is 5.22. The smallest absolute Gasteiger partial charge is 0.0723 e. The summed E-state index contributed by atoms with van der Waals surface area (Å²) in [6.07, 6.45) is 2.82. The third-order valence-corrected chi connectivity index (χ3v) is 2.54. The van der Waals surface area contributed by atoms with E-state index in [-0.39, 0.29) is 6.61 Å². The van der Waals surface area contributed by atoms with Crippen LogP contribution in [0.15, 0.2) is 12.3 Å². The van der Waals surface area contributed by atoms with E-state index in [1.165, 1.54) is 0 Å². The fourth-order valence-corrected chi connectivity index (χ4v) is 1.72. The molecule has 4 heteroatoms. The summed E-state index contributed by atoms with van der Waals surface area (Å²) in [5.41, 5.74) is 1.11. The molecule has 0 aliphatic rings. The van der Waals surface area contributed by atoms with Crippen LogP contribution in [0.25, 0.3) is 0 Å². The van der Waals surface area contributed by atoms with E-state index in [1.54, 1.807) is 0 Å². The topological polar surface area (TPSA) is 38.0 Å². The Kier molecular flexibility index (Phi) is 4.18. The lowest BCUT2D eigenvalue weighted by atomic mass is 10.5. The summed E-state index contributed by atoms with van der Waals surface area (Å²) in [6, 6.07) is 2.02. The Labute approximate surface area is 76.8 Å². The summed E-state index contributed by atoms with van der Waals surface area (Å²) in [5.74, 6) is 1.95. The number of aryl methyl sites for hydroxylation is 1. The van der Waals surface area contributed by atoms with Gasteiger partial charge in [0.2, 0.25) is 0 Å². The molecule has 1 heterocycles. The summed E-state index contributed by atoms with van der Waals surface area (Å²) >= 11 is 1.81. The summed E-state index contributed by atoms with van der Waals surface area (Å²) in [5, 5.41) is 12.8. The molecule has 1 aromatic heterocycles. The molecule has 1 aromatic rings. The molecule has 1 rings (SSSR count). The molecule has 0 saturated carbocycles. The van der Waals surface area contributed by atoms with Crippen molar-refractivity contribution >= 4 is 11.8 Å². The van der Waals surface area contributed by atoms with Crippen molar-refractivity contribution in [2.45, 2.75) is 12.2 Å². The van der Waals surface area contributed by atoms with Crippen LogP contribution in [0.4, 0.5) is 0 Å². The summed E-state index contributed by atoms with van der Waals surface area (Å²) in [7, 11) is 1.92. The van der Waals surface area contributed by atoms with Gasteiger partial charge in [0.05, 0.1) is 5.69 Å². The van der Waals surface area contributed by atoms with E-state index < -0.39 is 0 Å². The van der Waals surface area contributed by atoms with Crippen molar-refractivity contribution in [1.82, 2.24) is 9.78 Å². The third kappa shape index (κ3) is 3.28. The molecule has 0 bridgehead atoms. The Hall–Kier alpha value is -0.480. The number of hydrogen-bond donors (Lipinski definition) is 1. The zero-order valence-electron chi connectivity index (χ0n) is 7.23. The molecule has 1 N–H and O–H groups in total. The number of hydrogen-bond acceptors (Lipinski definition) is 3. The number of aliphatic hydroxyl groups excluding tert-OH is 1. The maximum absolute atomic E-state index is 8.53. The highest BCUT2D eigenvalue weighted by Gasteiger charge is 1.95. The fraction of sp³-hybridized carbons (Fsp3) is 0.625. The Morgan fingerprint density at radius 3 is 3.08 bits per heavy atom. The van der Waals surface area contributed by atoms with E-state index in [4.69, 9.17) is 5.11 Å². The Morgan fingerprint density at radius 2 is 2.50 bits per heavy atom. The van der Waals surface area contributed by atoms with Gasteiger partial charge in [0, 0.05) is 25.6 Å². The van der Waals surface area contributed by atoms with Crippen molar-refractivity contribution in [2.75, 3.05) is 12.4 Å². The maximum atomic E-state index is 8.53. The van der Waals surface area contributed by atoms with Gasteiger partial charge in [-0.1, -0.05) is 0 Å². The zero-order valence-corrected chi connectivity index (χ0v) is 8.05. The van der Waals surface area contributed by atoms with Crippen molar-refractivity contribution in [1.29, 1.82) is 0 Å². The Bertz CT molecular complexity index is 225. The molecule has 0 aromatic carbocycles. The highest BCUT2D eigenvalue weighted by Crippen LogP contribution is 2.10. The molecule has 3 nitrogen and oxygen atoms in total. The molecule has 68 valence electrons. The van der Waals surface area contributed by atoms with Gasteiger partial charge in [-0.25, -0.2) is 0 Å². The van der Waals surface area contributed by atoms with Gasteiger partial charge in [-0.15, -0.1) is 0 Å². The first-order valence-electron chi connectivity index (χ1n) is 4.00. The second-order valence-corrected chi connectivity index (χ2v) is 3.72. The molecule has 0 atom stereocenters. The van der Waals surface area contributed by atoms with Gasteiger partial charge in [-0.3, -0.25) is 4.68 Å². The van der Waals surface area contributed by atoms with Crippen molar-refractivity contribution in [3.63, 3.8) is 0 Å². The maximum Gasteiger partial charge on any atom is 0.0723 e. The summed E-state index contributed by atoms with van der Waals surface area (Å²) in [4.78, 5) is 0. The van der Waals surface area contributed by atoms with Gasteiger partial charge in [-0.05, 0) is 18.2 Å². The van der Waals surface area contributed by atoms with Crippen molar-refractivity contribution in [3.8, 4) is 0 Å². The van der Waals surface area contributed by atoms with E-state index in [9.17, 15) is 0 Å². The zero-order chi connectivity index (χ0) is 8.81. The molecule has 0 amide bonds. The minimum Gasteiger partial charge on any atom is -0.396 e. The van der Waals surface area contributed by atoms with Crippen molar-refractivity contribution in [2.24, 2.45) is 7.05 Å². The number of aliphatic hydroxyl groups is 1. The Morgan fingerprint density at radius 1 is 1.67 bits per heavy atom. The average Bonchev–Trinajstić information content (AvgIpc) is 2.45. The van der Waals surface area contributed by atoms with Crippen molar-refractivity contribution in [3.05, 3.63) is 18.0 Å². The van der Waals surface area contributed by atoms with Gasteiger partial charge in [0.15, 0.2) is 0 Å². The molecular formula is C8H14N2OS. The molecule has 0 spiro atoms. The lowest BCUT2D eigenvalue weighted by Gasteiger charge is -1.95. The van der Waals surface area contributed by atoms with Crippen molar-refractivity contribution < 1.29 is 5.11 Å². The monoisotopic (exact) mass is 186 g/mol. The molecule has 0 fully saturated rings. The van der Waals surface area contributed by atoms with E-state index >= 15 is 0 Å². The third-order valence-electron chi connectivity index (χ3n) is 1.47. The summed E-state index contributed by atoms with van der Waals surface area (Å²) < 4.78 is 1.81. The molecule has 0 aliphatic carbocycles. The van der Waals surface area contributed by atoms with Crippen LogP contribution in [-0.2, 0) is 12.8 Å². The number of aromatic nitrogens is 2. The standard InChI is InChI=1S/C8H14N2OS/c1-10-4-3-8(9-10)7-12-6-2-5-11/h3-4,11H,2,5-7H2,1H3. The van der Waals surface area contributed by atoms with Gasteiger partial charge < -0.3 is 5.11 Å². The highest BCUT2D eigenvalue weighted by atomic mass is 32.2. The first kappa shape index (κ1) is 9.61. The molecular weight excluding hydrogens is 172 g/mol. The molecule has 0 unspecified atom stereocenters. The number of rotatable bonds is 5. The fourth-order valence-electron chi connectivity index (χ4n) is 0.884. The highest BCUT2D eigenvalue weighted by molar-refractivity contribution is 7.98.